The van der Waals surface area contributed by atoms with Crippen molar-refractivity contribution in [3.8, 4) is 0 Å². The van der Waals surface area contributed by atoms with E-state index in [0.717, 1.165) is 36.1 Å². The van der Waals surface area contributed by atoms with E-state index in [9.17, 15) is 0 Å². The number of rotatable bonds is 7. The average Bonchev–Trinajstić information content (AvgIpc) is 2.67. The highest BCUT2D eigenvalue weighted by molar-refractivity contribution is 7.99. The maximum Gasteiger partial charge on any atom is 0.190 e. The second-order valence-corrected chi connectivity index (χ2v) is 5.09. The minimum Gasteiger partial charge on any atom is -0.313 e. The third-order valence-corrected chi connectivity index (χ3v) is 3.71. The molecular formula is C12H22N4S. The summed E-state index contributed by atoms with van der Waals surface area (Å²) in [4.78, 5) is 0. The van der Waals surface area contributed by atoms with Crippen LogP contribution in [0.5, 0.6) is 0 Å². The Morgan fingerprint density at radius 2 is 2.24 bits per heavy atom. The standard InChI is InChI=1S/C12H22N4S/c1-5-10(2)7-6-8-17-12-15-14-11(9-13-3)16(12)4/h7,13H,5-6,8-9H2,1-4H3. The number of nitrogens with zero attached hydrogens (tertiary/aromatic N) is 3. The van der Waals surface area contributed by atoms with Gasteiger partial charge in [-0.2, -0.15) is 0 Å². The Hall–Kier alpha value is -0.810. The summed E-state index contributed by atoms with van der Waals surface area (Å²) in [6.45, 7) is 5.13. The Morgan fingerprint density at radius 3 is 2.88 bits per heavy atom. The van der Waals surface area contributed by atoms with E-state index in [0.29, 0.717) is 0 Å². The minimum absolute atomic E-state index is 0.763. The Kier molecular flexibility index (Phi) is 6.29. The third kappa shape index (κ3) is 4.52. The topological polar surface area (TPSA) is 42.7 Å². The summed E-state index contributed by atoms with van der Waals surface area (Å²) in [5, 5.41) is 12.4. The third-order valence-electron chi connectivity index (χ3n) is 2.66. The molecule has 0 aliphatic rings. The number of thioether (sulfide) groups is 1. The van der Waals surface area contributed by atoms with Crippen LogP contribution in [0.1, 0.15) is 32.5 Å². The van der Waals surface area contributed by atoms with E-state index in [-0.39, 0.29) is 0 Å². The minimum atomic E-state index is 0.763. The fourth-order valence-corrected chi connectivity index (χ4v) is 2.20. The molecule has 17 heavy (non-hydrogen) atoms. The van der Waals surface area contributed by atoms with Gasteiger partial charge >= 0.3 is 0 Å². The van der Waals surface area contributed by atoms with Gasteiger partial charge in [0.05, 0.1) is 6.54 Å². The first kappa shape index (κ1) is 14.3. The van der Waals surface area contributed by atoms with Gasteiger partial charge in [-0.25, -0.2) is 0 Å². The highest BCUT2D eigenvalue weighted by Gasteiger charge is 2.07. The van der Waals surface area contributed by atoms with Crippen molar-refractivity contribution in [3.63, 3.8) is 0 Å². The fraction of sp³-hybridized carbons (Fsp3) is 0.667. The molecule has 1 heterocycles. The first-order valence-corrected chi connectivity index (χ1v) is 6.98. The molecule has 4 nitrogen and oxygen atoms in total. The van der Waals surface area contributed by atoms with Gasteiger partial charge in [0.1, 0.15) is 5.82 Å². The number of allylic oxidation sites excluding steroid dienone is 2. The Balaban J connectivity index is 2.42. The van der Waals surface area contributed by atoms with Crippen molar-refractivity contribution in [2.75, 3.05) is 12.8 Å². The van der Waals surface area contributed by atoms with Gasteiger partial charge in [-0.1, -0.05) is 30.3 Å². The summed E-state index contributed by atoms with van der Waals surface area (Å²) in [5.74, 6) is 2.04. The highest BCUT2D eigenvalue weighted by Crippen LogP contribution is 2.17. The molecule has 0 fully saturated rings. The maximum absolute atomic E-state index is 4.19. The molecule has 0 aromatic carbocycles. The number of aromatic nitrogens is 3. The normalized spacial score (nSPS) is 12.1. The van der Waals surface area contributed by atoms with Gasteiger partial charge in [-0.05, 0) is 26.8 Å². The number of nitrogens with one attached hydrogen (secondary N) is 1. The SMILES string of the molecule is CCC(C)=CCCSc1nnc(CNC)n1C. The molecule has 0 saturated heterocycles. The lowest BCUT2D eigenvalue weighted by Gasteiger charge is -2.02. The molecule has 0 unspecified atom stereocenters. The van der Waals surface area contributed by atoms with Crippen LogP contribution in [-0.4, -0.2) is 27.6 Å². The van der Waals surface area contributed by atoms with E-state index < -0.39 is 0 Å². The smallest absolute Gasteiger partial charge is 0.190 e. The molecule has 0 aliphatic heterocycles. The molecule has 0 spiro atoms. The predicted molar refractivity (Wildman–Crippen MR) is 73.2 cm³/mol. The van der Waals surface area contributed by atoms with E-state index in [1.165, 1.54) is 5.57 Å². The van der Waals surface area contributed by atoms with E-state index in [4.69, 9.17) is 0 Å². The van der Waals surface area contributed by atoms with Crippen molar-refractivity contribution in [2.45, 2.75) is 38.4 Å². The molecule has 1 aromatic rings. The molecule has 0 bridgehead atoms. The zero-order valence-corrected chi connectivity index (χ0v) is 12.0. The first-order valence-electron chi connectivity index (χ1n) is 6.00. The molecule has 1 N–H and O–H groups in total. The maximum atomic E-state index is 4.19. The second-order valence-electron chi connectivity index (χ2n) is 4.03. The summed E-state index contributed by atoms with van der Waals surface area (Å²) >= 11 is 1.76. The molecule has 0 radical (unpaired) electrons. The molecule has 1 aromatic heterocycles. The summed E-state index contributed by atoms with van der Waals surface area (Å²) in [6, 6.07) is 0. The zero-order valence-electron chi connectivity index (χ0n) is 11.2. The van der Waals surface area contributed by atoms with E-state index in [1.807, 2.05) is 14.1 Å². The summed E-state index contributed by atoms with van der Waals surface area (Å²) in [5.41, 5.74) is 1.46. The number of hydrogen-bond acceptors (Lipinski definition) is 4. The summed E-state index contributed by atoms with van der Waals surface area (Å²) < 4.78 is 2.05. The van der Waals surface area contributed by atoms with Crippen LogP contribution in [0.4, 0.5) is 0 Å². The van der Waals surface area contributed by atoms with Crippen molar-refractivity contribution in [1.82, 2.24) is 20.1 Å². The lowest BCUT2D eigenvalue weighted by atomic mass is 10.2. The molecule has 1 rings (SSSR count). The van der Waals surface area contributed by atoms with E-state index in [1.54, 1.807) is 11.8 Å². The van der Waals surface area contributed by atoms with Crippen molar-refractivity contribution in [1.29, 1.82) is 0 Å². The van der Waals surface area contributed by atoms with Crippen molar-refractivity contribution in [2.24, 2.45) is 7.05 Å². The van der Waals surface area contributed by atoms with Crippen LogP contribution in [0, 0.1) is 0 Å². The van der Waals surface area contributed by atoms with Crippen LogP contribution >= 0.6 is 11.8 Å². The lowest BCUT2D eigenvalue weighted by molar-refractivity contribution is 0.682. The molecule has 0 amide bonds. The molecule has 96 valence electrons. The monoisotopic (exact) mass is 254 g/mol. The van der Waals surface area contributed by atoms with Crippen LogP contribution in [0.2, 0.25) is 0 Å². The Bertz CT molecular complexity index is 371. The van der Waals surface area contributed by atoms with E-state index in [2.05, 4.69) is 40.0 Å². The first-order chi connectivity index (χ1) is 8.19. The molecule has 0 atom stereocenters. The van der Waals surface area contributed by atoms with Gasteiger partial charge in [0, 0.05) is 12.8 Å². The second kappa shape index (κ2) is 7.50. The Morgan fingerprint density at radius 1 is 1.47 bits per heavy atom. The number of hydrogen-bond donors (Lipinski definition) is 1. The van der Waals surface area contributed by atoms with Crippen LogP contribution < -0.4 is 5.32 Å². The van der Waals surface area contributed by atoms with Crippen LogP contribution in [0.3, 0.4) is 0 Å². The molecular weight excluding hydrogens is 232 g/mol. The molecule has 0 saturated carbocycles. The van der Waals surface area contributed by atoms with Gasteiger partial charge in [-0.3, -0.25) is 0 Å². The van der Waals surface area contributed by atoms with Gasteiger partial charge in [-0.15, -0.1) is 10.2 Å². The summed E-state index contributed by atoms with van der Waals surface area (Å²) in [6.07, 6.45) is 4.54. The average molecular weight is 254 g/mol. The van der Waals surface area contributed by atoms with Crippen molar-refractivity contribution >= 4 is 11.8 Å². The Labute approximate surface area is 108 Å². The zero-order chi connectivity index (χ0) is 12.7. The van der Waals surface area contributed by atoms with Crippen LogP contribution in [0.25, 0.3) is 0 Å². The lowest BCUT2D eigenvalue weighted by Crippen LogP contribution is -2.10. The van der Waals surface area contributed by atoms with Crippen molar-refractivity contribution in [3.05, 3.63) is 17.5 Å². The van der Waals surface area contributed by atoms with Gasteiger partial charge in [0.25, 0.3) is 0 Å². The highest BCUT2D eigenvalue weighted by atomic mass is 32.2. The quantitative estimate of drug-likeness (QED) is 0.461. The molecule has 5 heteroatoms. The van der Waals surface area contributed by atoms with Crippen LogP contribution in [0.15, 0.2) is 16.8 Å². The summed E-state index contributed by atoms with van der Waals surface area (Å²) in [7, 11) is 3.93. The van der Waals surface area contributed by atoms with Crippen molar-refractivity contribution < 1.29 is 0 Å². The molecule has 0 aliphatic carbocycles. The van der Waals surface area contributed by atoms with Gasteiger partial charge < -0.3 is 9.88 Å². The predicted octanol–water partition coefficient (Wildman–Crippen LogP) is 2.37. The van der Waals surface area contributed by atoms with E-state index >= 15 is 0 Å². The van der Waals surface area contributed by atoms with Gasteiger partial charge in [0.2, 0.25) is 0 Å². The van der Waals surface area contributed by atoms with Gasteiger partial charge in [0.15, 0.2) is 5.16 Å². The van der Waals surface area contributed by atoms with Crippen LogP contribution in [-0.2, 0) is 13.6 Å². The fourth-order valence-electron chi connectivity index (χ4n) is 1.38. The largest absolute Gasteiger partial charge is 0.313 e.